The van der Waals surface area contributed by atoms with Crippen molar-refractivity contribution in [3.8, 4) is 0 Å². The molecular formula is C9H16N2OS2. The fourth-order valence-corrected chi connectivity index (χ4v) is 2.53. The molecule has 0 bridgehead atoms. The van der Waals surface area contributed by atoms with Crippen LogP contribution in [0, 0.1) is 11.7 Å². The second-order valence-electron chi connectivity index (χ2n) is 3.52. The van der Waals surface area contributed by atoms with Gasteiger partial charge < -0.3 is 9.55 Å². The second kappa shape index (κ2) is 4.89. The van der Waals surface area contributed by atoms with Gasteiger partial charge in [-0.1, -0.05) is 0 Å². The molecule has 0 saturated carbocycles. The number of rotatable bonds is 4. The predicted octanol–water partition coefficient (Wildman–Crippen LogP) is 2.18. The first-order valence-electron chi connectivity index (χ1n) is 4.59. The Morgan fingerprint density at radius 2 is 2.36 bits per heavy atom. The molecule has 0 saturated heterocycles. The number of hydrogen-bond acceptors (Lipinski definition) is 2. The van der Waals surface area contributed by atoms with Gasteiger partial charge >= 0.3 is 0 Å². The standard InChI is InChI=1S/C9H16N2OS2/c1-7(4-5-14(3)12)11-8(2)6-10-9(11)13/h6-7H,4-5H2,1-3H3,(H,10,13). The maximum Gasteiger partial charge on any atom is 0.177 e. The molecule has 0 aliphatic carbocycles. The molecule has 80 valence electrons. The molecule has 0 aliphatic rings. The Morgan fingerprint density at radius 3 is 2.79 bits per heavy atom. The van der Waals surface area contributed by atoms with Gasteiger partial charge in [0.1, 0.15) is 0 Å². The minimum absolute atomic E-state index is 0.317. The van der Waals surface area contributed by atoms with Crippen LogP contribution in [0.15, 0.2) is 6.20 Å². The van der Waals surface area contributed by atoms with Crippen molar-refractivity contribution >= 4 is 23.0 Å². The van der Waals surface area contributed by atoms with E-state index in [9.17, 15) is 4.21 Å². The van der Waals surface area contributed by atoms with E-state index in [0.717, 1.165) is 22.6 Å². The lowest BCUT2D eigenvalue weighted by molar-refractivity contribution is 0.515. The minimum atomic E-state index is -0.719. The summed E-state index contributed by atoms with van der Waals surface area (Å²) in [6, 6.07) is 0.317. The zero-order valence-corrected chi connectivity index (χ0v) is 10.4. The number of aromatic amines is 1. The van der Waals surface area contributed by atoms with Gasteiger partial charge in [0.2, 0.25) is 0 Å². The maximum absolute atomic E-state index is 11.0. The molecular weight excluding hydrogens is 216 g/mol. The lowest BCUT2D eigenvalue weighted by Crippen LogP contribution is -2.10. The van der Waals surface area contributed by atoms with Crippen molar-refractivity contribution in [2.75, 3.05) is 12.0 Å². The highest BCUT2D eigenvalue weighted by Gasteiger charge is 2.08. The normalized spacial score (nSPS) is 15.4. The molecule has 0 amide bonds. The zero-order chi connectivity index (χ0) is 10.7. The molecule has 3 nitrogen and oxygen atoms in total. The van der Waals surface area contributed by atoms with E-state index in [1.165, 1.54) is 0 Å². The van der Waals surface area contributed by atoms with Crippen LogP contribution >= 0.6 is 12.2 Å². The maximum atomic E-state index is 11.0. The quantitative estimate of drug-likeness (QED) is 0.808. The molecule has 1 aromatic heterocycles. The molecule has 0 fully saturated rings. The smallest absolute Gasteiger partial charge is 0.177 e. The summed E-state index contributed by atoms with van der Waals surface area (Å²) in [6.45, 7) is 4.12. The molecule has 1 heterocycles. The number of nitrogens with zero attached hydrogens (tertiary/aromatic N) is 1. The first kappa shape index (κ1) is 11.7. The van der Waals surface area contributed by atoms with Crippen LogP contribution in [-0.4, -0.2) is 25.8 Å². The van der Waals surface area contributed by atoms with E-state index in [-0.39, 0.29) is 0 Å². The van der Waals surface area contributed by atoms with Gasteiger partial charge in [-0.2, -0.15) is 0 Å². The molecule has 0 radical (unpaired) electrons. The van der Waals surface area contributed by atoms with Gasteiger partial charge in [0.15, 0.2) is 4.77 Å². The van der Waals surface area contributed by atoms with Gasteiger partial charge in [-0.05, 0) is 32.5 Å². The third kappa shape index (κ3) is 2.78. The van der Waals surface area contributed by atoms with Crippen LogP contribution in [0.5, 0.6) is 0 Å². The second-order valence-corrected chi connectivity index (χ2v) is 5.46. The fourth-order valence-electron chi connectivity index (χ4n) is 1.48. The van der Waals surface area contributed by atoms with Crippen molar-refractivity contribution in [1.82, 2.24) is 9.55 Å². The summed E-state index contributed by atoms with van der Waals surface area (Å²) in [5, 5.41) is 0. The van der Waals surface area contributed by atoms with Gasteiger partial charge in [-0.25, -0.2) is 0 Å². The first-order valence-corrected chi connectivity index (χ1v) is 6.72. The van der Waals surface area contributed by atoms with Crippen molar-refractivity contribution in [2.45, 2.75) is 26.3 Å². The number of aryl methyl sites for hydroxylation is 1. The number of nitrogens with one attached hydrogen (secondary N) is 1. The number of H-pyrrole nitrogens is 1. The minimum Gasteiger partial charge on any atom is -0.337 e. The summed E-state index contributed by atoms with van der Waals surface area (Å²) in [7, 11) is -0.719. The topological polar surface area (TPSA) is 37.8 Å². The molecule has 1 aromatic rings. The summed E-state index contributed by atoms with van der Waals surface area (Å²) >= 11 is 5.16. The Hall–Kier alpha value is -0.420. The van der Waals surface area contributed by atoms with Crippen LogP contribution < -0.4 is 0 Å². The molecule has 2 unspecified atom stereocenters. The first-order chi connectivity index (χ1) is 6.52. The highest BCUT2D eigenvalue weighted by atomic mass is 32.2. The molecule has 0 aromatic carbocycles. The Balaban J connectivity index is 2.74. The molecule has 2 atom stereocenters. The average Bonchev–Trinajstić information content (AvgIpc) is 2.42. The van der Waals surface area contributed by atoms with E-state index in [2.05, 4.69) is 16.5 Å². The third-order valence-corrected chi connectivity index (χ3v) is 3.39. The summed E-state index contributed by atoms with van der Waals surface area (Å²) < 4.78 is 13.8. The molecule has 0 aliphatic heterocycles. The van der Waals surface area contributed by atoms with Gasteiger partial charge in [0.25, 0.3) is 0 Å². The Bertz CT molecular complexity index is 380. The van der Waals surface area contributed by atoms with Gasteiger partial charge in [-0.3, -0.25) is 4.21 Å². The fraction of sp³-hybridized carbons (Fsp3) is 0.667. The lowest BCUT2D eigenvalue weighted by atomic mass is 10.2. The largest absolute Gasteiger partial charge is 0.337 e. The van der Waals surface area contributed by atoms with Crippen molar-refractivity contribution < 1.29 is 4.21 Å². The van der Waals surface area contributed by atoms with E-state index < -0.39 is 10.8 Å². The van der Waals surface area contributed by atoms with E-state index in [0.29, 0.717) is 6.04 Å². The number of imidazole rings is 1. The van der Waals surface area contributed by atoms with E-state index in [1.54, 1.807) is 6.26 Å². The van der Waals surface area contributed by atoms with E-state index in [4.69, 9.17) is 12.2 Å². The van der Waals surface area contributed by atoms with Gasteiger partial charge in [0.05, 0.1) is 0 Å². The van der Waals surface area contributed by atoms with Crippen molar-refractivity contribution in [1.29, 1.82) is 0 Å². The van der Waals surface area contributed by atoms with Crippen LogP contribution in [0.4, 0.5) is 0 Å². The predicted molar refractivity (Wildman–Crippen MR) is 62.6 cm³/mol. The van der Waals surface area contributed by atoms with Crippen LogP contribution in [-0.2, 0) is 10.8 Å². The highest BCUT2D eigenvalue weighted by Crippen LogP contribution is 2.14. The summed E-state index contributed by atoms with van der Waals surface area (Å²) in [5.74, 6) is 0.730. The van der Waals surface area contributed by atoms with Crippen molar-refractivity contribution in [3.63, 3.8) is 0 Å². The van der Waals surface area contributed by atoms with Crippen LogP contribution in [0.2, 0.25) is 0 Å². The monoisotopic (exact) mass is 232 g/mol. The molecule has 1 N–H and O–H groups in total. The molecule has 14 heavy (non-hydrogen) atoms. The Kier molecular flexibility index (Phi) is 4.07. The molecule has 0 spiro atoms. The van der Waals surface area contributed by atoms with Crippen LogP contribution in [0.3, 0.4) is 0 Å². The Labute approximate surface area is 92.0 Å². The number of hydrogen-bond donors (Lipinski definition) is 1. The average molecular weight is 232 g/mol. The summed E-state index contributed by atoms with van der Waals surface area (Å²) in [4.78, 5) is 3.01. The van der Waals surface area contributed by atoms with Crippen molar-refractivity contribution in [3.05, 3.63) is 16.7 Å². The lowest BCUT2D eigenvalue weighted by Gasteiger charge is -2.14. The van der Waals surface area contributed by atoms with Gasteiger partial charge in [-0.15, -0.1) is 0 Å². The number of aromatic nitrogens is 2. The SMILES string of the molecule is Cc1c[nH]c(=S)n1C(C)CCS(C)=O. The van der Waals surface area contributed by atoms with Crippen LogP contribution in [0.1, 0.15) is 25.1 Å². The van der Waals surface area contributed by atoms with E-state index in [1.807, 2.05) is 13.1 Å². The summed E-state index contributed by atoms with van der Waals surface area (Å²) in [5.41, 5.74) is 1.13. The van der Waals surface area contributed by atoms with Gasteiger partial charge in [0, 0.05) is 40.7 Å². The molecule has 1 rings (SSSR count). The zero-order valence-electron chi connectivity index (χ0n) is 8.74. The Morgan fingerprint density at radius 1 is 1.71 bits per heavy atom. The highest BCUT2D eigenvalue weighted by molar-refractivity contribution is 7.84. The van der Waals surface area contributed by atoms with E-state index >= 15 is 0 Å². The van der Waals surface area contributed by atoms with Crippen LogP contribution in [0.25, 0.3) is 0 Å². The third-order valence-electron chi connectivity index (χ3n) is 2.27. The molecule has 5 heteroatoms. The summed E-state index contributed by atoms with van der Waals surface area (Å²) in [6.07, 6.45) is 4.54. The van der Waals surface area contributed by atoms with Crippen molar-refractivity contribution in [2.24, 2.45) is 0 Å².